The third-order valence-corrected chi connectivity index (χ3v) is 6.39. The second-order valence-electron chi connectivity index (χ2n) is 8.56. The van der Waals surface area contributed by atoms with Gasteiger partial charge in [-0.1, -0.05) is 30.3 Å². The van der Waals surface area contributed by atoms with E-state index in [1.54, 1.807) is 6.07 Å². The minimum absolute atomic E-state index is 0.0937. The number of hydrogen-bond donors (Lipinski definition) is 0. The van der Waals surface area contributed by atoms with Gasteiger partial charge in [-0.15, -0.1) is 0 Å². The summed E-state index contributed by atoms with van der Waals surface area (Å²) in [5.41, 5.74) is 3.22. The quantitative estimate of drug-likeness (QED) is 0.732. The molecule has 4 rings (SSSR count). The van der Waals surface area contributed by atoms with Crippen molar-refractivity contribution in [3.63, 3.8) is 0 Å². The molecule has 1 aromatic carbocycles. The van der Waals surface area contributed by atoms with Gasteiger partial charge in [0.05, 0.1) is 6.10 Å². The van der Waals surface area contributed by atoms with Crippen LogP contribution in [-0.4, -0.2) is 41.2 Å². The number of ether oxygens (including phenoxy) is 1. The van der Waals surface area contributed by atoms with Crippen molar-refractivity contribution in [3.05, 3.63) is 69.1 Å². The number of nitrogens with zero attached hydrogens (tertiary/aromatic N) is 2. The molecular formula is C25H32N2O3. The Kier molecular flexibility index (Phi) is 6.68. The molecule has 2 aliphatic rings. The van der Waals surface area contributed by atoms with E-state index in [1.807, 2.05) is 30.0 Å². The van der Waals surface area contributed by atoms with Crippen molar-refractivity contribution >= 4 is 5.91 Å². The maximum absolute atomic E-state index is 13.4. The van der Waals surface area contributed by atoms with E-state index in [4.69, 9.17) is 4.74 Å². The van der Waals surface area contributed by atoms with Gasteiger partial charge in [0.25, 0.3) is 5.91 Å². The minimum Gasteiger partial charge on any atom is -0.376 e. The molecular weight excluding hydrogens is 376 g/mol. The average Bonchev–Trinajstić information content (AvgIpc) is 3.28. The Bertz CT molecular complexity index is 923. The molecule has 3 heterocycles. The van der Waals surface area contributed by atoms with Crippen molar-refractivity contribution in [2.75, 3.05) is 19.7 Å². The Morgan fingerprint density at radius 3 is 2.53 bits per heavy atom. The fraction of sp³-hybridized carbons (Fsp3) is 0.520. The molecule has 1 atom stereocenters. The second-order valence-corrected chi connectivity index (χ2v) is 8.56. The number of amides is 1. The van der Waals surface area contributed by atoms with E-state index in [0.29, 0.717) is 18.5 Å². The molecule has 5 heteroatoms. The first-order valence-corrected chi connectivity index (χ1v) is 11.3. The third kappa shape index (κ3) is 4.67. The van der Waals surface area contributed by atoms with Gasteiger partial charge in [0.15, 0.2) is 5.43 Å². The van der Waals surface area contributed by atoms with Gasteiger partial charge in [0.2, 0.25) is 0 Å². The number of carbonyl (C=O) groups is 1. The SMILES string of the molecule is Cc1cc(=O)c(C(=O)N2CCCCC2)c(CCc2ccccc2)n1C[C@@H]1CCCO1. The first kappa shape index (κ1) is 20.9. The fourth-order valence-electron chi connectivity index (χ4n) is 4.73. The van der Waals surface area contributed by atoms with Crippen LogP contribution in [0.25, 0.3) is 0 Å². The zero-order valence-corrected chi connectivity index (χ0v) is 17.9. The second kappa shape index (κ2) is 9.61. The van der Waals surface area contributed by atoms with E-state index in [2.05, 4.69) is 16.7 Å². The van der Waals surface area contributed by atoms with Crippen molar-refractivity contribution in [2.45, 2.75) is 64.5 Å². The van der Waals surface area contributed by atoms with E-state index in [1.165, 1.54) is 5.56 Å². The summed E-state index contributed by atoms with van der Waals surface area (Å²) in [4.78, 5) is 28.4. The Morgan fingerprint density at radius 1 is 1.07 bits per heavy atom. The van der Waals surface area contributed by atoms with Crippen LogP contribution >= 0.6 is 0 Å². The zero-order chi connectivity index (χ0) is 20.9. The third-order valence-electron chi connectivity index (χ3n) is 6.39. The number of hydrogen-bond acceptors (Lipinski definition) is 3. The van der Waals surface area contributed by atoms with Gasteiger partial charge in [0.1, 0.15) is 5.56 Å². The molecule has 0 N–H and O–H groups in total. The van der Waals surface area contributed by atoms with Crippen LogP contribution in [0.2, 0.25) is 0 Å². The molecule has 1 aromatic heterocycles. The summed E-state index contributed by atoms with van der Waals surface area (Å²) >= 11 is 0. The number of pyridine rings is 1. The molecule has 0 saturated carbocycles. The van der Waals surface area contributed by atoms with E-state index in [9.17, 15) is 9.59 Å². The first-order valence-electron chi connectivity index (χ1n) is 11.3. The van der Waals surface area contributed by atoms with Gasteiger partial charge in [-0.25, -0.2) is 0 Å². The summed E-state index contributed by atoms with van der Waals surface area (Å²) in [6.45, 7) is 4.96. The normalized spacial score (nSPS) is 19.2. The van der Waals surface area contributed by atoms with Crippen molar-refractivity contribution < 1.29 is 9.53 Å². The van der Waals surface area contributed by atoms with Crippen LogP contribution in [0.15, 0.2) is 41.2 Å². The van der Waals surface area contributed by atoms with Crippen LogP contribution in [0.5, 0.6) is 0 Å². The van der Waals surface area contributed by atoms with Crippen LogP contribution in [0, 0.1) is 6.92 Å². The molecule has 0 radical (unpaired) electrons. The van der Waals surface area contributed by atoms with Gasteiger partial charge in [-0.3, -0.25) is 9.59 Å². The molecule has 0 unspecified atom stereocenters. The molecule has 2 fully saturated rings. The van der Waals surface area contributed by atoms with Crippen LogP contribution in [-0.2, 0) is 24.1 Å². The first-order chi connectivity index (χ1) is 14.6. The minimum atomic E-state index is -0.144. The predicted octanol–water partition coefficient (Wildman–Crippen LogP) is 3.75. The number of likely N-dealkylation sites (tertiary alicyclic amines) is 1. The van der Waals surface area contributed by atoms with Crippen LogP contribution < -0.4 is 5.43 Å². The van der Waals surface area contributed by atoms with Gasteiger partial charge >= 0.3 is 0 Å². The summed E-state index contributed by atoms with van der Waals surface area (Å²) in [6, 6.07) is 11.9. The lowest BCUT2D eigenvalue weighted by Crippen LogP contribution is -2.40. The van der Waals surface area contributed by atoms with Gasteiger partial charge in [0, 0.05) is 43.7 Å². The summed E-state index contributed by atoms with van der Waals surface area (Å²) in [7, 11) is 0. The van der Waals surface area contributed by atoms with Gasteiger partial charge < -0.3 is 14.2 Å². The number of aromatic nitrogens is 1. The highest BCUT2D eigenvalue weighted by Gasteiger charge is 2.27. The fourth-order valence-corrected chi connectivity index (χ4v) is 4.73. The van der Waals surface area contributed by atoms with Crippen LogP contribution in [0.3, 0.4) is 0 Å². The molecule has 30 heavy (non-hydrogen) atoms. The smallest absolute Gasteiger partial charge is 0.259 e. The molecule has 5 nitrogen and oxygen atoms in total. The predicted molar refractivity (Wildman–Crippen MR) is 118 cm³/mol. The average molecular weight is 409 g/mol. The molecule has 2 aromatic rings. The number of rotatable bonds is 6. The summed E-state index contributed by atoms with van der Waals surface area (Å²) in [5, 5.41) is 0. The van der Waals surface area contributed by atoms with E-state index in [-0.39, 0.29) is 17.4 Å². The number of piperidine rings is 1. The Balaban J connectivity index is 1.72. The zero-order valence-electron chi connectivity index (χ0n) is 17.9. The van der Waals surface area contributed by atoms with Crippen LogP contribution in [0.4, 0.5) is 0 Å². The number of aryl methyl sites for hydroxylation is 2. The lowest BCUT2D eigenvalue weighted by atomic mass is 10.0. The topological polar surface area (TPSA) is 51.5 Å². The largest absolute Gasteiger partial charge is 0.376 e. The van der Waals surface area contributed by atoms with Crippen molar-refractivity contribution in [3.8, 4) is 0 Å². The highest BCUT2D eigenvalue weighted by molar-refractivity contribution is 5.95. The number of carbonyl (C=O) groups excluding carboxylic acids is 1. The molecule has 2 saturated heterocycles. The van der Waals surface area contributed by atoms with E-state index in [0.717, 1.165) is 69.6 Å². The lowest BCUT2D eigenvalue weighted by molar-refractivity contribution is 0.0717. The Hall–Kier alpha value is -2.40. The standard InChI is InChI=1S/C25H32N2O3/c1-19-17-23(28)24(25(29)26-14-6-3-7-15-26)22(13-12-20-9-4-2-5-10-20)27(19)18-21-11-8-16-30-21/h2,4-5,9-10,17,21H,3,6-8,11-16,18H2,1H3/t21-/m0/s1. The number of benzene rings is 1. The summed E-state index contributed by atoms with van der Waals surface area (Å²) in [6.07, 6.45) is 6.91. The molecule has 160 valence electrons. The molecule has 0 spiro atoms. The monoisotopic (exact) mass is 408 g/mol. The summed E-state index contributed by atoms with van der Waals surface area (Å²) in [5.74, 6) is -0.0937. The van der Waals surface area contributed by atoms with E-state index < -0.39 is 0 Å². The van der Waals surface area contributed by atoms with Crippen LogP contribution in [0.1, 0.15) is 59.4 Å². The highest BCUT2D eigenvalue weighted by atomic mass is 16.5. The molecule has 2 aliphatic heterocycles. The summed E-state index contributed by atoms with van der Waals surface area (Å²) < 4.78 is 8.06. The Morgan fingerprint density at radius 2 is 1.83 bits per heavy atom. The van der Waals surface area contributed by atoms with Crippen molar-refractivity contribution in [1.82, 2.24) is 9.47 Å². The van der Waals surface area contributed by atoms with Gasteiger partial charge in [-0.05, 0) is 57.4 Å². The maximum atomic E-state index is 13.4. The maximum Gasteiger partial charge on any atom is 0.259 e. The molecule has 1 amide bonds. The van der Waals surface area contributed by atoms with Crippen molar-refractivity contribution in [2.24, 2.45) is 0 Å². The Labute approximate surface area is 178 Å². The highest BCUT2D eigenvalue weighted by Crippen LogP contribution is 2.21. The molecule has 0 aliphatic carbocycles. The van der Waals surface area contributed by atoms with E-state index >= 15 is 0 Å². The lowest BCUT2D eigenvalue weighted by Gasteiger charge is -2.29. The molecule has 0 bridgehead atoms. The van der Waals surface area contributed by atoms with Gasteiger partial charge in [-0.2, -0.15) is 0 Å². The van der Waals surface area contributed by atoms with Crippen molar-refractivity contribution in [1.29, 1.82) is 0 Å².